The van der Waals surface area contributed by atoms with Crippen LogP contribution in [0.1, 0.15) is 35.9 Å². The molecule has 1 aliphatic rings. The third kappa shape index (κ3) is 4.56. The molecule has 1 aromatic carbocycles. The van der Waals surface area contributed by atoms with E-state index in [2.05, 4.69) is 10.6 Å². The van der Waals surface area contributed by atoms with Gasteiger partial charge in [-0.05, 0) is 49.0 Å². The number of benzene rings is 1. The molecule has 6 nitrogen and oxygen atoms in total. The topological polar surface area (TPSA) is 80.6 Å². The Morgan fingerprint density at radius 3 is 2.81 bits per heavy atom. The van der Waals surface area contributed by atoms with Gasteiger partial charge in [0.05, 0.1) is 17.2 Å². The van der Waals surface area contributed by atoms with Gasteiger partial charge in [0.15, 0.2) is 5.11 Å². The summed E-state index contributed by atoms with van der Waals surface area (Å²) in [5.41, 5.74) is 1.26. The first-order chi connectivity index (χ1) is 13.0. The quantitative estimate of drug-likeness (QED) is 0.329. The molecule has 0 radical (unpaired) electrons. The fraction of sp³-hybridized carbons (Fsp3) is 0.211. The van der Waals surface area contributed by atoms with E-state index in [0.29, 0.717) is 34.4 Å². The summed E-state index contributed by atoms with van der Waals surface area (Å²) in [6.45, 7) is 2.37. The maximum atomic E-state index is 12.2. The summed E-state index contributed by atoms with van der Waals surface area (Å²) in [5, 5.41) is 5.79. The molecule has 0 saturated carbocycles. The second-order valence-electron chi connectivity index (χ2n) is 5.85. The molecule has 1 aliphatic heterocycles. The number of ether oxygens (including phenoxy) is 1. The molecule has 0 aliphatic carbocycles. The van der Waals surface area contributed by atoms with Crippen molar-refractivity contribution in [2.75, 3.05) is 6.61 Å². The van der Waals surface area contributed by atoms with Crippen LogP contribution in [-0.4, -0.2) is 23.6 Å². The van der Waals surface area contributed by atoms with Gasteiger partial charge >= 0.3 is 5.97 Å². The number of nitrogens with one attached hydrogen (secondary N) is 2. The first-order valence-electron chi connectivity index (χ1n) is 8.39. The second kappa shape index (κ2) is 8.37. The van der Waals surface area contributed by atoms with Gasteiger partial charge in [0.25, 0.3) is 5.91 Å². The zero-order chi connectivity index (χ0) is 19.4. The fourth-order valence-corrected chi connectivity index (χ4v) is 2.83. The van der Waals surface area contributed by atoms with Crippen LogP contribution in [0.2, 0.25) is 5.02 Å². The number of hydrogen-bond donors (Lipinski definition) is 2. The van der Waals surface area contributed by atoms with E-state index in [9.17, 15) is 9.59 Å². The lowest BCUT2D eigenvalue weighted by Gasteiger charge is -2.07. The number of carbonyl (C=O) groups excluding carboxylic acids is 2. The number of amides is 1. The largest absolute Gasteiger partial charge is 0.462 e. The van der Waals surface area contributed by atoms with Gasteiger partial charge in [-0.3, -0.25) is 10.1 Å². The molecule has 8 heteroatoms. The van der Waals surface area contributed by atoms with Crippen molar-refractivity contribution in [1.82, 2.24) is 10.6 Å². The highest BCUT2D eigenvalue weighted by Crippen LogP contribution is 2.28. The van der Waals surface area contributed by atoms with E-state index in [0.717, 1.165) is 12.8 Å². The van der Waals surface area contributed by atoms with E-state index in [1.165, 1.54) is 0 Å². The molecule has 0 unspecified atom stereocenters. The summed E-state index contributed by atoms with van der Waals surface area (Å²) in [6, 6.07) is 8.45. The Morgan fingerprint density at radius 2 is 2.11 bits per heavy atom. The van der Waals surface area contributed by atoms with Gasteiger partial charge in [-0.15, -0.1) is 0 Å². The molecule has 27 heavy (non-hydrogen) atoms. The van der Waals surface area contributed by atoms with Gasteiger partial charge in [0.2, 0.25) is 0 Å². The standard InChI is InChI=1S/C19H17ClN2O4S/c1-2-3-8-25-18(24)13-9-11(4-6-14(13)20)16-7-5-12(26-16)10-15-17(23)22-19(27)21-15/h4-7,9-10H,2-3,8H2,1H3,(H2,21,22,23,27)/b15-10+. The number of hydrogen-bond acceptors (Lipinski definition) is 5. The van der Waals surface area contributed by atoms with Crippen LogP contribution in [0.3, 0.4) is 0 Å². The Kier molecular flexibility index (Phi) is 5.93. The van der Waals surface area contributed by atoms with Crippen LogP contribution in [-0.2, 0) is 9.53 Å². The smallest absolute Gasteiger partial charge is 0.339 e. The summed E-state index contributed by atoms with van der Waals surface area (Å²) in [4.78, 5) is 23.9. The van der Waals surface area contributed by atoms with Gasteiger partial charge in [0, 0.05) is 11.6 Å². The third-order valence-electron chi connectivity index (χ3n) is 3.84. The Hall–Kier alpha value is -2.64. The van der Waals surface area contributed by atoms with Crippen LogP contribution in [0.25, 0.3) is 17.4 Å². The van der Waals surface area contributed by atoms with Gasteiger partial charge in [-0.1, -0.05) is 24.9 Å². The molecule has 1 amide bonds. The van der Waals surface area contributed by atoms with Crippen LogP contribution < -0.4 is 10.6 Å². The SMILES string of the molecule is CCCCOC(=O)c1cc(-c2ccc(/C=C3/NC(=S)NC3=O)o2)ccc1Cl. The van der Waals surface area contributed by atoms with Gasteiger partial charge < -0.3 is 14.5 Å². The predicted molar refractivity (Wildman–Crippen MR) is 106 cm³/mol. The van der Waals surface area contributed by atoms with Crippen molar-refractivity contribution in [3.05, 3.63) is 52.4 Å². The molecule has 2 aromatic rings. The van der Waals surface area contributed by atoms with Crippen LogP contribution in [0.4, 0.5) is 0 Å². The molecular formula is C19H17ClN2O4S. The predicted octanol–water partition coefficient (Wildman–Crippen LogP) is 3.90. The highest BCUT2D eigenvalue weighted by Gasteiger charge is 2.21. The lowest BCUT2D eigenvalue weighted by Crippen LogP contribution is -2.21. The Labute approximate surface area is 166 Å². The molecule has 1 aromatic heterocycles. The van der Waals surface area contributed by atoms with Crippen molar-refractivity contribution in [2.45, 2.75) is 19.8 Å². The highest BCUT2D eigenvalue weighted by molar-refractivity contribution is 7.80. The van der Waals surface area contributed by atoms with Crippen molar-refractivity contribution < 1.29 is 18.7 Å². The zero-order valence-electron chi connectivity index (χ0n) is 14.5. The third-order valence-corrected chi connectivity index (χ3v) is 4.37. The number of thiocarbonyl (C=S) groups is 1. The molecule has 0 atom stereocenters. The van der Waals surface area contributed by atoms with Crippen molar-refractivity contribution >= 4 is 46.9 Å². The number of esters is 1. The average molecular weight is 405 g/mol. The molecule has 3 rings (SSSR count). The van der Waals surface area contributed by atoms with Crippen LogP contribution in [0, 0.1) is 0 Å². The van der Waals surface area contributed by atoms with E-state index < -0.39 is 5.97 Å². The molecule has 1 saturated heterocycles. The van der Waals surface area contributed by atoms with Gasteiger partial charge in [-0.2, -0.15) is 0 Å². The average Bonchev–Trinajstić information content (AvgIpc) is 3.22. The molecular weight excluding hydrogens is 388 g/mol. The van der Waals surface area contributed by atoms with Crippen LogP contribution >= 0.6 is 23.8 Å². The van der Waals surface area contributed by atoms with Crippen molar-refractivity contribution in [1.29, 1.82) is 0 Å². The number of carbonyl (C=O) groups is 2. The first-order valence-corrected chi connectivity index (χ1v) is 9.17. The van der Waals surface area contributed by atoms with Gasteiger partial charge in [0.1, 0.15) is 17.2 Å². The zero-order valence-corrected chi connectivity index (χ0v) is 16.1. The van der Waals surface area contributed by atoms with Crippen LogP contribution in [0.5, 0.6) is 0 Å². The second-order valence-corrected chi connectivity index (χ2v) is 6.67. The van der Waals surface area contributed by atoms with Crippen molar-refractivity contribution in [3.63, 3.8) is 0 Å². The minimum absolute atomic E-state index is 0.252. The summed E-state index contributed by atoms with van der Waals surface area (Å²) < 4.78 is 11.0. The van der Waals surface area contributed by atoms with Crippen molar-refractivity contribution in [2.24, 2.45) is 0 Å². The lowest BCUT2D eigenvalue weighted by molar-refractivity contribution is -0.115. The number of unbranched alkanes of at least 4 members (excludes halogenated alkanes) is 1. The highest BCUT2D eigenvalue weighted by atomic mass is 35.5. The monoisotopic (exact) mass is 404 g/mol. The lowest BCUT2D eigenvalue weighted by atomic mass is 10.1. The Balaban J connectivity index is 1.81. The first kappa shape index (κ1) is 19.1. The van der Waals surface area contributed by atoms with Crippen molar-refractivity contribution in [3.8, 4) is 11.3 Å². The summed E-state index contributed by atoms with van der Waals surface area (Å²) in [5.74, 6) is 0.211. The number of furan rings is 1. The molecule has 0 bridgehead atoms. The normalized spacial score (nSPS) is 15.0. The summed E-state index contributed by atoms with van der Waals surface area (Å²) in [6.07, 6.45) is 3.28. The van der Waals surface area contributed by atoms with Crippen LogP contribution in [0.15, 0.2) is 40.4 Å². The summed E-state index contributed by atoms with van der Waals surface area (Å²) >= 11 is 11.0. The van der Waals surface area contributed by atoms with E-state index in [4.69, 9.17) is 33.0 Å². The number of halogens is 1. The Bertz CT molecular complexity index is 936. The molecule has 2 N–H and O–H groups in total. The molecule has 0 spiro atoms. The molecule has 2 heterocycles. The fourth-order valence-electron chi connectivity index (χ4n) is 2.43. The molecule has 140 valence electrons. The van der Waals surface area contributed by atoms with E-state index in [1.54, 1.807) is 36.4 Å². The minimum Gasteiger partial charge on any atom is -0.462 e. The minimum atomic E-state index is -0.468. The molecule has 1 fully saturated rings. The Morgan fingerprint density at radius 1 is 1.30 bits per heavy atom. The van der Waals surface area contributed by atoms with E-state index in [-0.39, 0.29) is 16.6 Å². The van der Waals surface area contributed by atoms with E-state index >= 15 is 0 Å². The maximum Gasteiger partial charge on any atom is 0.339 e. The van der Waals surface area contributed by atoms with Gasteiger partial charge in [-0.25, -0.2) is 4.79 Å². The van der Waals surface area contributed by atoms with E-state index in [1.807, 2.05) is 6.92 Å². The number of rotatable bonds is 6. The summed E-state index contributed by atoms with van der Waals surface area (Å²) in [7, 11) is 0. The maximum absolute atomic E-state index is 12.2.